The lowest BCUT2D eigenvalue weighted by molar-refractivity contribution is 0.557. The summed E-state index contributed by atoms with van der Waals surface area (Å²) in [6.45, 7) is 20.2. The highest BCUT2D eigenvalue weighted by Crippen LogP contribution is 2.36. The minimum absolute atomic E-state index is 0.159. The van der Waals surface area contributed by atoms with Gasteiger partial charge in [-0.15, -0.1) is 22.7 Å². The van der Waals surface area contributed by atoms with Crippen LogP contribution in [0.3, 0.4) is 0 Å². The average Bonchev–Trinajstić information content (AvgIpc) is 3.60. The van der Waals surface area contributed by atoms with E-state index in [9.17, 15) is 0 Å². The SMILES string of the molecule is CC(C)(C)c1coc2ccccc12.CC(C)(C)c1csc2ccccc12.CC(C)(C)c1scc2ccccc12. The smallest absolute Gasteiger partial charge is 0.134 e. The van der Waals surface area contributed by atoms with Crippen LogP contribution in [-0.4, -0.2) is 0 Å². The molecule has 6 rings (SSSR count). The van der Waals surface area contributed by atoms with Gasteiger partial charge in [0.25, 0.3) is 0 Å². The molecule has 0 aliphatic rings. The number of hydrogen-bond donors (Lipinski definition) is 0. The van der Waals surface area contributed by atoms with E-state index in [1.54, 1.807) is 0 Å². The molecule has 0 aliphatic heterocycles. The molecule has 0 saturated carbocycles. The van der Waals surface area contributed by atoms with Crippen LogP contribution in [0.25, 0.3) is 31.8 Å². The van der Waals surface area contributed by atoms with Crippen molar-refractivity contribution in [2.75, 3.05) is 0 Å². The number of hydrogen-bond acceptors (Lipinski definition) is 3. The molecule has 0 fully saturated rings. The highest BCUT2D eigenvalue weighted by molar-refractivity contribution is 7.17. The van der Waals surface area contributed by atoms with E-state index in [1.807, 2.05) is 47.1 Å². The number of furan rings is 1. The van der Waals surface area contributed by atoms with E-state index < -0.39 is 0 Å². The second-order valence-corrected chi connectivity index (χ2v) is 15.0. The number of rotatable bonds is 0. The third-order valence-corrected chi connectivity index (χ3v) is 9.17. The van der Waals surface area contributed by atoms with Gasteiger partial charge in [0.15, 0.2) is 0 Å². The van der Waals surface area contributed by atoms with Crippen molar-refractivity contribution in [3.05, 3.63) is 106 Å². The van der Waals surface area contributed by atoms with Gasteiger partial charge in [-0.2, -0.15) is 0 Å². The number of fused-ring (bicyclic) bond motifs is 3. The summed E-state index contributed by atoms with van der Waals surface area (Å²) >= 11 is 3.71. The summed E-state index contributed by atoms with van der Waals surface area (Å²) in [7, 11) is 0. The summed E-state index contributed by atoms with van der Waals surface area (Å²) in [5, 5.41) is 9.97. The molecule has 0 amide bonds. The maximum atomic E-state index is 5.48. The molecule has 3 heterocycles. The quantitative estimate of drug-likeness (QED) is 0.182. The fourth-order valence-corrected chi connectivity index (χ4v) is 6.99. The van der Waals surface area contributed by atoms with E-state index in [2.05, 4.69) is 128 Å². The molecule has 3 heteroatoms. The fourth-order valence-electron chi connectivity index (χ4n) is 4.69. The number of thiophene rings is 2. The van der Waals surface area contributed by atoms with Crippen LogP contribution in [0.15, 0.2) is 94.2 Å². The van der Waals surface area contributed by atoms with Crippen LogP contribution >= 0.6 is 22.7 Å². The summed E-state index contributed by atoms with van der Waals surface area (Å²) in [5.74, 6) is 0. The monoisotopic (exact) mass is 554 g/mol. The van der Waals surface area contributed by atoms with Gasteiger partial charge in [-0.3, -0.25) is 0 Å². The van der Waals surface area contributed by atoms with Crippen molar-refractivity contribution in [2.45, 2.75) is 78.6 Å². The standard InChI is InChI=1S/C12H14O.2C12H14S/c2*1-12(2,3)10-8-13-11-7-5-4-6-9(10)11;1-12(2,3)11-10-7-5-4-6-9(10)8-13-11/h3*4-8H,1-3H3. The first kappa shape index (κ1) is 29.1. The molecule has 3 aromatic heterocycles. The summed E-state index contributed by atoms with van der Waals surface area (Å²) in [6, 6.07) is 25.4. The Kier molecular flexibility index (Phi) is 8.44. The van der Waals surface area contributed by atoms with E-state index in [-0.39, 0.29) is 16.2 Å². The van der Waals surface area contributed by atoms with Crippen LogP contribution in [0.1, 0.15) is 78.3 Å². The van der Waals surface area contributed by atoms with Gasteiger partial charge in [0, 0.05) is 20.5 Å². The van der Waals surface area contributed by atoms with Crippen molar-refractivity contribution in [3.63, 3.8) is 0 Å². The van der Waals surface area contributed by atoms with E-state index in [0.717, 1.165) is 5.58 Å². The summed E-state index contributed by atoms with van der Waals surface area (Å²) < 4.78 is 6.87. The van der Waals surface area contributed by atoms with Crippen LogP contribution in [0.2, 0.25) is 0 Å². The highest BCUT2D eigenvalue weighted by Gasteiger charge is 2.20. The Labute approximate surface area is 242 Å². The lowest BCUT2D eigenvalue weighted by Crippen LogP contribution is -2.09. The largest absolute Gasteiger partial charge is 0.464 e. The Morgan fingerprint density at radius 1 is 0.513 bits per heavy atom. The molecule has 0 saturated heterocycles. The summed E-state index contributed by atoms with van der Waals surface area (Å²) in [5.41, 5.74) is 4.42. The van der Waals surface area contributed by atoms with Gasteiger partial charge >= 0.3 is 0 Å². The molecule has 1 nitrogen and oxygen atoms in total. The van der Waals surface area contributed by atoms with Crippen molar-refractivity contribution in [1.29, 1.82) is 0 Å². The van der Waals surface area contributed by atoms with Crippen LogP contribution in [0.4, 0.5) is 0 Å². The predicted octanol–water partition coefficient (Wildman–Crippen LogP) is 12.1. The van der Waals surface area contributed by atoms with Crippen molar-refractivity contribution >= 4 is 54.5 Å². The molecule has 39 heavy (non-hydrogen) atoms. The summed E-state index contributed by atoms with van der Waals surface area (Å²) in [6.07, 6.45) is 1.87. The molecule has 0 spiro atoms. The summed E-state index contributed by atoms with van der Waals surface area (Å²) in [4.78, 5) is 1.49. The van der Waals surface area contributed by atoms with Gasteiger partial charge < -0.3 is 4.42 Å². The molecule has 0 atom stereocenters. The van der Waals surface area contributed by atoms with E-state index in [4.69, 9.17) is 4.42 Å². The third kappa shape index (κ3) is 6.83. The van der Waals surface area contributed by atoms with Gasteiger partial charge in [0.05, 0.1) is 6.26 Å². The number of para-hydroxylation sites is 1. The third-order valence-electron chi connectivity index (χ3n) is 6.77. The van der Waals surface area contributed by atoms with Gasteiger partial charge in [0.2, 0.25) is 0 Å². The Balaban J connectivity index is 0.000000136. The first-order valence-corrected chi connectivity index (χ1v) is 15.4. The molecule has 0 N–H and O–H groups in total. The van der Waals surface area contributed by atoms with Crippen molar-refractivity contribution < 1.29 is 4.42 Å². The maximum Gasteiger partial charge on any atom is 0.134 e. The minimum Gasteiger partial charge on any atom is -0.464 e. The molecule has 204 valence electrons. The topological polar surface area (TPSA) is 13.1 Å². The Bertz CT molecular complexity index is 1460. The Morgan fingerprint density at radius 3 is 1.72 bits per heavy atom. The maximum absolute atomic E-state index is 5.48. The predicted molar refractivity (Wildman–Crippen MR) is 176 cm³/mol. The fraction of sp³-hybridized carbons (Fsp3) is 0.333. The van der Waals surface area contributed by atoms with Crippen LogP contribution in [0.5, 0.6) is 0 Å². The zero-order valence-corrected chi connectivity index (χ0v) is 26.5. The molecule has 0 bridgehead atoms. The van der Waals surface area contributed by atoms with Crippen LogP contribution < -0.4 is 0 Å². The van der Waals surface area contributed by atoms with E-state index in [0.29, 0.717) is 0 Å². The zero-order valence-electron chi connectivity index (χ0n) is 24.9. The van der Waals surface area contributed by atoms with Gasteiger partial charge in [0.1, 0.15) is 5.58 Å². The molecule has 0 unspecified atom stereocenters. The van der Waals surface area contributed by atoms with Crippen LogP contribution in [-0.2, 0) is 16.2 Å². The second kappa shape index (κ2) is 11.3. The Morgan fingerprint density at radius 2 is 1.08 bits per heavy atom. The second-order valence-electron chi connectivity index (χ2n) is 13.2. The van der Waals surface area contributed by atoms with Crippen LogP contribution in [0, 0.1) is 0 Å². The molecule has 0 radical (unpaired) electrons. The molecule has 6 aromatic rings. The Hall–Kier alpha value is -2.88. The number of benzene rings is 3. The molecule has 3 aromatic carbocycles. The lowest BCUT2D eigenvalue weighted by Gasteiger charge is -2.17. The van der Waals surface area contributed by atoms with Gasteiger partial charge in [-0.05, 0) is 60.9 Å². The average molecular weight is 555 g/mol. The zero-order chi connectivity index (χ0) is 28.4. The first-order chi connectivity index (χ1) is 18.3. The normalized spacial score (nSPS) is 12.2. The molecule has 0 aliphatic carbocycles. The van der Waals surface area contributed by atoms with Crippen molar-refractivity contribution in [1.82, 2.24) is 0 Å². The highest BCUT2D eigenvalue weighted by atomic mass is 32.1. The molecular formula is C36H42OS2. The van der Waals surface area contributed by atoms with E-state index in [1.165, 1.54) is 42.2 Å². The van der Waals surface area contributed by atoms with Gasteiger partial charge in [-0.25, -0.2) is 0 Å². The van der Waals surface area contributed by atoms with Gasteiger partial charge in [-0.1, -0.05) is 123 Å². The van der Waals surface area contributed by atoms with Crippen molar-refractivity contribution in [2.24, 2.45) is 0 Å². The molecular weight excluding hydrogens is 513 g/mol. The van der Waals surface area contributed by atoms with Crippen molar-refractivity contribution in [3.8, 4) is 0 Å². The minimum atomic E-state index is 0.159. The van der Waals surface area contributed by atoms with E-state index >= 15 is 0 Å². The lowest BCUT2D eigenvalue weighted by atomic mass is 9.87. The first-order valence-electron chi connectivity index (χ1n) is 13.7.